The van der Waals surface area contributed by atoms with Crippen LogP contribution in [-0.2, 0) is 4.74 Å². The highest BCUT2D eigenvalue weighted by atomic mass is 16.6. The number of esters is 2. The van der Waals surface area contributed by atoms with Crippen molar-refractivity contribution in [1.82, 2.24) is 0 Å². The van der Waals surface area contributed by atoms with Gasteiger partial charge in [0.05, 0.1) is 11.1 Å². The van der Waals surface area contributed by atoms with Gasteiger partial charge < -0.3 is 4.74 Å². The average molecular weight is 290 g/mol. The van der Waals surface area contributed by atoms with Crippen molar-refractivity contribution in [2.45, 2.75) is 6.92 Å². The number of ketones is 1. The van der Waals surface area contributed by atoms with Gasteiger partial charge in [0.15, 0.2) is 5.78 Å². The molecule has 0 saturated heterocycles. The van der Waals surface area contributed by atoms with Crippen LogP contribution in [0.5, 0.6) is 0 Å². The molecule has 0 radical (unpaired) electrons. The quantitative estimate of drug-likeness (QED) is 0.298. The number of fused-ring (bicyclic) bond motifs is 6. The molecule has 4 nitrogen and oxygen atoms in total. The average Bonchev–Trinajstić information content (AvgIpc) is 2.82. The van der Waals surface area contributed by atoms with Crippen LogP contribution in [0, 0.1) is 0 Å². The molecule has 4 rings (SSSR count). The highest BCUT2D eigenvalue weighted by Gasteiger charge is 2.34. The van der Waals surface area contributed by atoms with Crippen molar-refractivity contribution in [3.05, 3.63) is 59.2 Å². The minimum absolute atomic E-state index is 0.0958. The molecular weight excluding hydrogens is 280 g/mol. The first kappa shape index (κ1) is 12.7. The van der Waals surface area contributed by atoms with E-state index in [0.29, 0.717) is 16.3 Å². The molecule has 3 aromatic carbocycles. The third kappa shape index (κ3) is 1.55. The standard InChI is InChI=1S/C18H10O4/c1-9(19)10-6-7-12-11-4-2-3-5-13(11)15-16(14(12)8-10)18(21)22-17(15)20/h2-8H,1H3. The lowest BCUT2D eigenvalue weighted by molar-refractivity contribution is 0.0445. The van der Waals surface area contributed by atoms with Crippen LogP contribution < -0.4 is 0 Å². The summed E-state index contributed by atoms with van der Waals surface area (Å²) in [7, 11) is 0. The second-order valence-corrected chi connectivity index (χ2v) is 5.29. The van der Waals surface area contributed by atoms with Crippen LogP contribution in [0.3, 0.4) is 0 Å². The van der Waals surface area contributed by atoms with E-state index in [1.165, 1.54) is 6.92 Å². The van der Waals surface area contributed by atoms with Crippen molar-refractivity contribution in [1.29, 1.82) is 0 Å². The normalized spacial score (nSPS) is 13.5. The van der Waals surface area contributed by atoms with Gasteiger partial charge in [-0.2, -0.15) is 0 Å². The van der Waals surface area contributed by atoms with Crippen LogP contribution >= 0.6 is 0 Å². The van der Waals surface area contributed by atoms with E-state index in [1.54, 1.807) is 18.2 Å². The number of Topliss-reactive ketones (excluding diaryl/α,β-unsaturated/α-hetero) is 1. The summed E-state index contributed by atoms with van der Waals surface area (Å²) in [6.45, 7) is 1.46. The minimum atomic E-state index is -0.656. The number of hydrogen-bond acceptors (Lipinski definition) is 4. The van der Waals surface area contributed by atoms with E-state index in [9.17, 15) is 14.4 Å². The molecule has 106 valence electrons. The highest BCUT2D eigenvalue weighted by molar-refractivity contribution is 6.30. The van der Waals surface area contributed by atoms with Crippen molar-refractivity contribution in [2.24, 2.45) is 0 Å². The number of cyclic esters (lactones) is 2. The molecule has 0 fully saturated rings. The van der Waals surface area contributed by atoms with Gasteiger partial charge in [-0.15, -0.1) is 0 Å². The molecule has 22 heavy (non-hydrogen) atoms. The van der Waals surface area contributed by atoms with Crippen LogP contribution in [-0.4, -0.2) is 17.7 Å². The van der Waals surface area contributed by atoms with Gasteiger partial charge in [-0.25, -0.2) is 9.59 Å². The lowest BCUT2D eigenvalue weighted by atomic mass is 9.91. The summed E-state index contributed by atoms with van der Waals surface area (Å²) >= 11 is 0. The summed E-state index contributed by atoms with van der Waals surface area (Å²) in [6, 6.07) is 12.6. The van der Waals surface area contributed by atoms with E-state index in [0.717, 1.165) is 10.8 Å². The molecule has 0 bridgehead atoms. The Kier molecular flexibility index (Phi) is 2.45. The maximum atomic E-state index is 12.1. The Morgan fingerprint density at radius 3 is 2.09 bits per heavy atom. The van der Waals surface area contributed by atoms with Gasteiger partial charge in [-0.3, -0.25) is 4.79 Å². The van der Waals surface area contributed by atoms with Crippen LogP contribution in [0.4, 0.5) is 0 Å². The van der Waals surface area contributed by atoms with Gasteiger partial charge in [-0.05, 0) is 34.5 Å². The lowest BCUT2D eigenvalue weighted by Crippen LogP contribution is -1.98. The topological polar surface area (TPSA) is 60.4 Å². The molecule has 1 aliphatic rings. The van der Waals surface area contributed by atoms with Gasteiger partial charge in [0.2, 0.25) is 0 Å². The molecule has 0 spiro atoms. The molecule has 0 aromatic heterocycles. The van der Waals surface area contributed by atoms with E-state index < -0.39 is 11.9 Å². The Morgan fingerprint density at radius 2 is 1.41 bits per heavy atom. The Labute approximate surface area is 125 Å². The van der Waals surface area contributed by atoms with Crippen molar-refractivity contribution >= 4 is 39.3 Å². The monoisotopic (exact) mass is 290 g/mol. The van der Waals surface area contributed by atoms with E-state index >= 15 is 0 Å². The summed E-state index contributed by atoms with van der Waals surface area (Å²) in [5, 5.41) is 2.96. The zero-order chi connectivity index (χ0) is 15.4. The molecule has 0 amide bonds. The summed E-state index contributed by atoms with van der Waals surface area (Å²) in [4.78, 5) is 35.7. The first-order chi connectivity index (χ1) is 10.6. The molecule has 0 atom stereocenters. The van der Waals surface area contributed by atoms with E-state index in [1.807, 2.05) is 24.3 Å². The van der Waals surface area contributed by atoms with Gasteiger partial charge >= 0.3 is 11.9 Å². The largest absolute Gasteiger partial charge is 0.386 e. The third-order valence-electron chi connectivity index (χ3n) is 4.03. The second-order valence-electron chi connectivity index (χ2n) is 5.29. The number of rotatable bonds is 1. The van der Waals surface area contributed by atoms with Gasteiger partial charge in [0.25, 0.3) is 0 Å². The molecule has 0 saturated carbocycles. The highest BCUT2D eigenvalue weighted by Crippen LogP contribution is 2.37. The predicted octanol–water partition coefficient (Wildman–Crippen LogP) is 3.51. The summed E-state index contributed by atoms with van der Waals surface area (Å²) in [5.41, 5.74) is 1.03. The van der Waals surface area contributed by atoms with Gasteiger partial charge in [-0.1, -0.05) is 36.4 Å². The first-order valence-corrected chi connectivity index (χ1v) is 6.84. The Hall–Kier alpha value is -3.01. The fraction of sp³-hybridized carbons (Fsp3) is 0.0556. The van der Waals surface area contributed by atoms with Crippen LogP contribution in [0.2, 0.25) is 0 Å². The summed E-state index contributed by atoms with van der Waals surface area (Å²) in [6.07, 6.45) is 0. The van der Waals surface area contributed by atoms with Crippen molar-refractivity contribution in [2.75, 3.05) is 0 Å². The maximum absolute atomic E-state index is 12.1. The fourth-order valence-corrected chi connectivity index (χ4v) is 3.02. The number of carbonyl (C=O) groups is 3. The number of carbonyl (C=O) groups excluding carboxylic acids is 3. The van der Waals surface area contributed by atoms with Gasteiger partial charge in [0, 0.05) is 5.56 Å². The molecule has 3 aromatic rings. The molecule has 4 heteroatoms. The molecule has 1 aliphatic heterocycles. The van der Waals surface area contributed by atoms with Crippen LogP contribution in [0.25, 0.3) is 21.5 Å². The van der Waals surface area contributed by atoms with E-state index in [4.69, 9.17) is 4.74 Å². The first-order valence-electron chi connectivity index (χ1n) is 6.84. The minimum Gasteiger partial charge on any atom is -0.386 e. The zero-order valence-corrected chi connectivity index (χ0v) is 11.7. The Morgan fingerprint density at radius 1 is 0.818 bits per heavy atom. The van der Waals surface area contributed by atoms with Crippen LogP contribution in [0.1, 0.15) is 38.0 Å². The van der Waals surface area contributed by atoms with E-state index in [-0.39, 0.29) is 16.9 Å². The molecule has 0 unspecified atom stereocenters. The second kappa shape index (κ2) is 4.24. The number of hydrogen-bond donors (Lipinski definition) is 0. The molecular formula is C18H10O4. The lowest BCUT2D eigenvalue weighted by Gasteiger charge is -2.09. The van der Waals surface area contributed by atoms with Gasteiger partial charge in [0.1, 0.15) is 0 Å². The van der Waals surface area contributed by atoms with Crippen molar-refractivity contribution < 1.29 is 19.1 Å². The third-order valence-corrected chi connectivity index (χ3v) is 4.03. The molecule has 0 aliphatic carbocycles. The Bertz CT molecular complexity index is 1010. The number of benzene rings is 3. The van der Waals surface area contributed by atoms with Crippen LogP contribution in [0.15, 0.2) is 42.5 Å². The SMILES string of the molecule is CC(=O)c1ccc2c(c1)c1c(c3ccccc32)C(=O)OC1=O. The predicted molar refractivity (Wildman–Crippen MR) is 81.2 cm³/mol. The van der Waals surface area contributed by atoms with Crippen molar-refractivity contribution in [3.63, 3.8) is 0 Å². The number of ether oxygens (including phenoxy) is 1. The summed E-state index contributed by atoms with van der Waals surface area (Å²) in [5.74, 6) is -1.38. The van der Waals surface area contributed by atoms with E-state index in [2.05, 4.69) is 0 Å². The molecule has 1 heterocycles. The molecule has 0 N–H and O–H groups in total. The summed E-state index contributed by atoms with van der Waals surface area (Å²) < 4.78 is 4.79. The smallest absolute Gasteiger partial charge is 0.347 e. The van der Waals surface area contributed by atoms with Crippen molar-refractivity contribution in [3.8, 4) is 0 Å². The fourth-order valence-electron chi connectivity index (χ4n) is 3.02. The zero-order valence-electron chi connectivity index (χ0n) is 11.7. The maximum Gasteiger partial charge on any atom is 0.347 e. The Balaban J connectivity index is 2.29.